The van der Waals surface area contributed by atoms with Crippen LogP contribution in [0.5, 0.6) is 5.75 Å². The summed E-state index contributed by atoms with van der Waals surface area (Å²) in [5.74, 6) is -1.32. The standard InChI is InChI=1S/C31H39F2N7O6/c1-6-43-27(41)26-37-29(46-38-26)39-11-9-19(10-12-39)18(2)44-21-14-34-28(35-15-21)40-16-23(22-13-20(32)7-8-24(22)33)25(17-40)36-30(42)45-31(3,4)5/h7-8,13-15,18-19,23,25H,6,9-12,16-17H2,1-5H3,(H,36,42). The van der Waals surface area contributed by atoms with E-state index in [4.69, 9.17) is 18.7 Å². The first-order valence-corrected chi connectivity index (χ1v) is 15.3. The minimum absolute atomic E-state index is 0.0977. The molecule has 3 aromatic rings. The smallest absolute Gasteiger partial charge is 0.407 e. The summed E-state index contributed by atoms with van der Waals surface area (Å²) in [4.78, 5) is 41.3. The Labute approximate surface area is 265 Å². The van der Waals surface area contributed by atoms with Gasteiger partial charge >= 0.3 is 18.1 Å². The number of hydrogen-bond donors (Lipinski definition) is 1. The molecule has 1 amide bonds. The van der Waals surface area contributed by atoms with Crippen LogP contribution in [-0.4, -0.2) is 82.7 Å². The van der Waals surface area contributed by atoms with Crippen molar-refractivity contribution in [1.82, 2.24) is 25.4 Å². The monoisotopic (exact) mass is 643 g/mol. The minimum atomic E-state index is -0.724. The van der Waals surface area contributed by atoms with Crippen molar-refractivity contribution in [2.75, 3.05) is 42.6 Å². The third-order valence-electron chi connectivity index (χ3n) is 7.95. The van der Waals surface area contributed by atoms with Crippen molar-refractivity contribution in [3.63, 3.8) is 0 Å². The van der Waals surface area contributed by atoms with E-state index in [1.54, 1.807) is 40.1 Å². The molecule has 4 heterocycles. The van der Waals surface area contributed by atoms with Crippen LogP contribution >= 0.6 is 0 Å². The molecule has 0 aliphatic carbocycles. The van der Waals surface area contributed by atoms with E-state index in [-0.39, 0.29) is 49.1 Å². The van der Waals surface area contributed by atoms with Gasteiger partial charge in [0.1, 0.15) is 17.2 Å². The Kier molecular flexibility index (Phi) is 9.87. The fraction of sp³-hybridized carbons (Fsp3) is 0.548. The van der Waals surface area contributed by atoms with Crippen molar-refractivity contribution in [2.24, 2.45) is 5.92 Å². The van der Waals surface area contributed by atoms with Crippen LogP contribution < -0.4 is 19.9 Å². The zero-order valence-corrected chi connectivity index (χ0v) is 26.5. The van der Waals surface area contributed by atoms with Gasteiger partial charge in [0, 0.05) is 32.1 Å². The molecule has 13 nitrogen and oxygen atoms in total. The average molecular weight is 644 g/mol. The lowest BCUT2D eigenvalue weighted by Gasteiger charge is -2.33. The lowest BCUT2D eigenvalue weighted by Crippen LogP contribution is -2.43. The Morgan fingerprint density at radius 3 is 2.50 bits per heavy atom. The molecule has 3 atom stereocenters. The van der Waals surface area contributed by atoms with E-state index < -0.39 is 41.3 Å². The van der Waals surface area contributed by atoms with Gasteiger partial charge in [0.15, 0.2) is 5.75 Å². The molecule has 1 N–H and O–H groups in total. The molecule has 0 bridgehead atoms. The number of nitrogens with zero attached hydrogens (tertiary/aromatic N) is 6. The van der Waals surface area contributed by atoms with Gasteiger partial charge in [0.25, 0.3) is 5.82 Å². The SMILES string of the molecule is CCOC(=O)c1noc(N2CCC(C(C)Oc3cnc(N4CC(NC(=O)OC(C)(C)C)C(c5cc(F)ccc5F)C4)nc3)CC2)n1. The second kappa shape index (κ2) is 13.8. The third kappa shape index (κ3) is 7.98. The highest BCUT2D eigenvalue weighted by Crippen LogP contribution is 2.33. The zero-order chi connectivity index (χ0) is 33.0. The molecule has 3 unspecified atom stereocenters. The van der Waals surface area contributed by atoms with Gasteiger partial charge in [-0.05, 0) is 82.3 Å². The fourth-order valence-electron chi connectivity index (χ4n) is 5.71. The summed E-state index contributed by atoms with van der Waals surface area (Å²) in [6.45, 7) is 11.0. The van der Waals surface area contributed by atoms with Crippen molar-refractivity contribution in [3.8, 4) is 5.75 Å². The number of anilines is 2. The van der Waals surface area contributed by atoms with E-state index >= 15 is 0 Å². The highest BCUT2D eigenvalue weighted by atomic mass is 19.1. The van der Waals surface area contributed by atoms with Gasteiger partial charge in [-0.1, -0.05) is 0 Å². The Bertz CT molecular complexity index is 1510. The molecule has 2 saturated heterocycles. The number of hydrogen-bond acceptors (Lipinski definition) is 12. The number of nitrogens with one attached hydrogen (secondary N) is 1. The van der Waals surface area contributed by atoms with Crippen LogP contribution in [0.25, 0.3) is 0 Å². The topological polar surface area (TPSA) is 145 Å². The number of halogens is 2. The van der Waals surface area contributed by atoms with Gasteiger partial charge in [-0.3, -0.25) is 0 Å². The van der Waals surface area contributed by atoms with E-state index in [2.05, 4.69) is 25.4 Å². The maximum Gasteiger partial charge on any atom is 0.407 e. The molecule has 248 valence electrons. The van der Waals surface area contributed by atoms with E-state index in [0.717, 1.165) is 31.0 Å². The largest absolute Gasteiger partial charge is 0.487 e. The molecule has 0 spiro atoms. The lowest BCUT2D eigenvalue weighted by molar-refractivity contribution is 0.0495. The highest BCUT2D eigenvalue weighted by molar-refractivity contribution is 5.85. The maximum absolute atomic E-state index is 14.8. The van der Waals surface area contributed by atoms with Crippen LogP contribution in [0, 0.1) is 17.6 Å². The molecular weight excluding hydrogens is 604 g/mol. The number of amides is 1. The molecule has 1 aromatic carbocycles. The van der Waals surface area contributed by atoms with Crippen molar-refractivity contribution < 1.29 is 37.1 Å². The lowest BCUT2D eigenvalue weighted by atomic mass is 9.92. The number of carbonyl (C=O) groups is 2. The highest BCUT2D eigenvalue weighted by Gasteiger charge is 2.38. The van der Waals surface area contributed by atoms with Crippen molar-refractivity contribution in [3.05, 3.63) is 53.6 Å². The van der Waals surface area contributed by atoms with Gasteiger partial charge in [0.05, 0.1) is 31.1 Å². The summed E-state index contributed by atoms with van der Waals surface area (Å²) in [6.07, 6.45) is 3.98. The number of piperidine rings is 1. The minimum Gasteiger partial charge on any atom is -0.487 e. The first-order valence-electron chi connectivity index (χ1n) is 15.3. The summed E-state index contributed by atoms with van der Waals surface area (Å²) >= 11 is 0. The zero-order valence-electron chi connectivity index (χ0n) is 26.5. The molecule has 2 aliphatic heterocycles. The number of rotatable bonds is 9. The normalized spacial score (nSPS) is 19.5. The Morgan fingerprint density at radius 1 is 1.11 bits per heavy atom. The van der Waals surface area contributed by atoms with Crippen LogP contribution in [0.1, 0.15) is 69.6 Å². The Balaban J connectivity index is 1.19. The van der Waals surface area contributed by atoms with Gasteiger partial charge in [-0.25, -0.2) is 28.3 Å². The fourth-order valence-corrected chi connectivity index (χ4v) is 5.71. The third-order valence-corrected chi connectivity index (χ3v) is 7.95. The quantitative estimate of drug-likeness (QED) is 0.328. The predicted molar refractivity (Wildman–Crippen MR) is 162 cm³/mol. The molecule has 2 fully saturated rings. The first-order chi connectivity index (χ1) is 21.9. The van der Waals surface area contributed by atoms with Gasteiger partial charge in [0.2, 0.25) is 5.95 Å². The maximum atomic E-state index is 14.8. The molecule has 2 aliphatic rings. The van der Waals surface area contributed by atoms with E-state index in [9.17, 15) is 18.4 Å². The summed E-state index contributed by atoms with van der Waals surface area (Å²) in [6, 6.07) is 3.00. The van der Waals surface area contributed by atoms with Crippen LogP contribution in [0.3, 0.4) is 0 Å². The number of carbonyl (C=O) groups excluding carboxylic acids is 2. The molecule has 5 rings (SSSR count). The predicted octanol–water partition coefficient (Wildman–Crippen LogP) is 4.50. The number of alkyl carbamates (subject to hydrolysis) is 1. The Morgan fingerprint density at radius 2 is 1.83 bits per heavy atom. The summed E-state index contributed by atoms with van der Waals surface area (Å²) in [7, 11) is 0. The second-order valence-corrected chi connectivity index (χ2v) is 12.4. The summed E-state index contributed by atoms with van der Waals surface area (Å²) in [5, 5.41) is 6.53. The van der Waals surface area contributed by atoms with E-state index in [0.29, 0.717) is 24.8 Å². The Hall–Kier alpha value is -4.56. The van der Waals surface area contributed by atoms with E-state index in [1.165, 1.54) is 0 Å². The molecule has 46 heavy (non-hydrogen) atoms. The van der Waals surface area contributed by atoms with Crippen LogP contribution in [0.2, 0.25) is 0 Å². The molecule has 2 aromatic heterocycles. The van der Waals surface area contributed by atoms with Crippen molar-refractivity contribution >= 4 is 24.0 Å². The average Bonchev–Trinajstić information content (AvgIpc) is 3.66. The number of benzene rings is 1. The number of esters is 1. The van der Waals surface area contributed by atoms with Gasteiger partial charge in [-0.15, -0.1) is 0 Å². The molecule has 0 saturated carbocycles. The number of aromatic nitrogens is 4. The molecule has 15 heteroatoms. The van der Waals surface area contributed by atoms with Crippen molar-refractivity contribution in [1.29, 1.82) is 0 Å². The molecule has 0 radical (unpaired) electrons. The summed E-state index contributed by atoms with van der Waals surface area (Å²) in [5.41, 5.74) is -0.569. The number of ether oxygens (including phenoxy) is 3. The van der Waals surface area contributed by atoms with Crippen LogP contribution in [0.4, 0.5) is 25.5 Å². The van der Waals surface area contributed by atoms with Gasteiger partial charge in [-0.2, -0.15) is 4.98 Å². The van der Waals surface area contributed by atoms with Gasteiger partial charge < -0.3 is 33.9 Å². The van der Waals surface area contributed by atoms with Crippen LogP contribution in [-0.2, 0) is 9.47 Å². The summed E-state index contributed by atoms with van der Waals surface area (Å²) < 4.78 is 50.7. The first kappa shape index (κ1) is 32.8. The van der Waals surface area contributed by atoms with E-state index in [1.807, 2.05) is 16.7 Å². The van der Waals surface area contributed by atoms with Crippen LogP contribution in [0.15, 0.2) is 35.1 Å². The van der Waals surface area contributed by atoms with Crippen molar-refractivity contribution in [2.45, 2.75) is 71.1 Å². The molecular formula is C31H39F2N7O6. The second-order valence-electron chi connectivity index (χ2n) is 12.4.